The van der Waals surface area contributed by atoms with E-state index < -0.39 is 60.5 Å². The van der Waals surface area contributed by atoms with Gasteiger partial charge in [0.2, 0.25) is 0 Å². The molecule has 1 aliphatic heterocycles. The molecule has 7 atom stereocenters. The zero-order valence-corrected chi connectivity index (χ0v) is 23.4. The van der Waals surface area contributed by atoms with Gasteiger partial charge in [-0.25, -0.2) is 28.4 Å². The molecule has 2 aromatic heterocycles. The van der Waals surface area contributed by atoms with Crippen LogP contribution < -0.4 is 5.73 Å². The van der Waals surface area contributed by atoms with Crippen molar-refractivity contribution in [2.24, 2.45) is 5.11 Å². The molecule has 0 saturated carbocycles. The third-order valence-corrected chi connectivity index (χ3v) is 10.5. The van der Waals surface area contributed by atoms with Crippen molar-refractivity contribution >= 4 is 40.2 Å². The molecule has 7 N–H and O–H groups in total. The van der Waals surface area contributed by atoms with E-state index in [-0.39, 0.29) is 23.4 Å². The SMILES string of the molecule is [N-]=[N+]=NCCCCCCCP(=O)(O)OP(=O)(O)OP(=O)(O)OC[C@H]1O[C@@H](n2cnc3c(N)ncnc32)[C@H](O)[C@@H]1O. The Morgan fingerprint density at radius 3 is 2.45 bits per heavy atom. The molecule has 0 aromatic carbocycles. The summed E-state index contributed by atoms with van der Waals surface area (Å²) in [6, 6.07) is 0. The molecule has 0 bridgehead atoms. The van der Waals surface area contributed by atoms with Crippen LogP contribution in [0.15, 0.2) is 17.8 Å². The molecule has 3 heterocycles. The number of fused-ring (bicyclic) bond motifs is 1. The second kappa shape index (κ2) is 13.8. The monoisotopic (exact) mass is 630 g/mol. The van der Waals surface area contributed by atoms with Crippen molar-refractivity contribution < 1.29 is 56.5 Å². The van der Waals surface area contributed by atoms with E-state index in [0.29, 0.717) is 32.2 Å². The van der Waals surface area contributed by atoms with Crippen LogP contribution in [-0.2, 0) is 31.6 Å². The van der Waals surface area contributed by atoms with E-state index in [1.165, 1.54) is 10.9 Å². The summed E-state index contributed by atoms with van der Waals surface area (Å²) in [7, 11) is -15.7. The molecular formula is C17H29N8O12P3. The molecule has 3 unspecified atom stereocenters. The highest BCUT2D eigenvalue weighted by Crippen LogP contribution is 2.67. The lowest BCUT2D eigenvalue weighted by molar-refractivity contribution is -0.0503. The van der Waals surface area contributed by atoms with E-state index in [0.717, 1.165) is 6.33 Å². The van der Waals surface area contributed by atoms with Crippen molar-refractivity contribution in [2.45, 2.75) is 56.6 Å². The van der Waals surface area contributed by atoms with Gasteiger partial charge in [0.1, 0.15) is 30.2 Å². The fraction of sp³-hybridized carbons (Fsp3) is 0.706. The number of imidazole rings is 1. The standard InChI is InChI=1S/C17H29N8O12P3/c18-15-12-16(21-9-20-15)25(10-22-12)17-14(27)13(26)11(35-17)8-34-39(30,31)37-40(32,33)36-38(28,29)7-5-3-1-2-4-6-23-24-19/h9-11,13-14,17,26-27H,1-8H2,(H,28,29)(H,30,31)(H,32,33)(H2,18,20,21)/t11-,13-,14-,17-/m1/s1. The number of nitrogens with two attached hydrogens (primary N) is 1. The predicted molar refractivity (Wildman–Crippen MR) is 135 cm³/mol. The molecule has 1 saturated heterocycles. The Morgan fingerprint density at radius 1 is 1.02 bits per heavy atom. The Hall–Kier alpha value is -2.01. The molecule has 20 nitrogen and oxygen atoms in total. The highest BCUT2D eigenvalue weighted by Gasteiger charge is 2.47. The maximum absolute atomic E-state index is 12.2. The summed E-state index contributed by atoms with van der Waals surface area (Å²) in [5, 5.41) is 24.1. The number of hydrogen-bond donors (Lipinski definition) is 6. The van der Waals surface area contributed by atoms with Crippen LogP contribution in [0.25, 0.3) is 21.6 Å². The van der Waals surface area contributed by atoms with Crippen LogP contribution in [-0.4, -0.2) is 82.0 Å². The maximum Gasteiger partial charge on any atom is 0.488 e. The van der Waals surface area contributed by atoms with E-state index in [9.17, 15) is 38.6 Å². The minimum Gasteiger partial charge on any atom is -0.387 e. The molecule has 23 heteroatoms. The van der Waals surface area contributed by atoms with Crippen LogP contribution in [0.3, 0.4) is 0 Å². The number of unbranched alkanes of at least 4 members (excludes halogenated alkanes) is 4. The molecule has 0 spiro atoms. The Bertz CT molecular complexity index is 1360. The summed E-state index contributed by atoms with van der Waals surface area (Å²) in [5.41, 5.74) is 14.3. The van der Waals surface area contributed by atoms with Gasteiger partial charge in [-0.2, -0.15) is 4.31 Å². The number of aliphatic hydroxyl groups excluding tert-OH is 2. The largest absolute Gasteiger partial charge is 0.488 e. The second-order valence-electron chi connectivity index (χ2n) is 8.61. The Morgan fingerprint density at radius 2 is 1.73 bits per heavy atom. The lowest BCUT2D eigenvalue weighted by atomic mass is 10.1. The van der Waals surface area contributed by atoms with Gasteiger partial charge in [0.25, 0.3) is 0 Å². The van der Waals surface area contributed by atoms with E-state index in [4.69, 9.17) is 16.0 Å². The molecular weight excluding hydrogens is 601 g/mol. The topological polar surface area (TPSA) is 308 Å². The zero-order valence-electron chi connectivity index (χ0n) is 20.8. The quantitative estimate of drug-likeness (QED) is 0.0505. The van der Waals surface area contributed by atoms with Crippen molar-refractivity contribution in [3.05, 3.63) is 23.1 Å². The van der Waals surface area contributed by atoms with Gasteiger partial charge in [0.05, 0.1) is 19.1 Å². The number of aromatic nitrogens is 4. The van der Waals surface area contributed by atoms with Gasteiger partial charge < -0.3 is 35.4 Å². The van der Waals surface area contributed by atoms with E-state index in [2.05, 4.69) is 38.1 Å². The number of nitrogens with zero attached hydrogens (tertiary/aromatic N) is 7. The van der Waals surface area contributed by atoms with Crippen molar-refractivity contribution in [3.8, 4) is 0 Å². The smallest absolute Gasteiger partial charge is 0.387 e. The molecule has 0 radical (unpaired) electrons. The van der Waals surface area contributed by atoms with Crippen molar-refractivity contribution in [1.29, 1.82) is 0 Å². The van der Waals surface area contributed by atoms with Gasteiger partial charge in [-0.05, 0) is 18.4 Å². The number of rotatable bonds is 16. The third-order valence-electron chi connectivity index (χ3n) is 5.60. The molecule has 3 rings (SSSR count). The normalized spacial score (nSPS) is 25.6. The molecule has 1 aliphatic rings. The molecule has 224 valence electrons. The number of azide groups is 1. The fourth-order valence-corrected chi connectivity index (χ4v) is 7.95. The van der Waals surface area contributed by atoms with Crippen LogP contribution in [0.5, 0.6) is 0 Å². The Labute approximate surface area is 226 Å². The van der Waals surface area contributed by atoms with Crippen LogP contribution in [0, 0.1) is 0 Å². The van der Waals surface area contributed by atoms with Crippen LogP contribution in [0.4, 0.5) is 5.82 Å². The van der Waals surface area contributed by atoms with Crippen molar-refractivity contribution in [3.63, 3.8) is 0 Å². The third kappa shape index (κ3) is 8.99. The summed E-state index contributed by atoms with van der Waals surface area (Å²) in [6.07, 6.45) is -1.56. The van der Waals surface area contributed by atoms with E-state index >= 15 is 0 Å². The second-order valence-corrected chi connectivity index (χ2v) is 13.8. The average molecular weight is 630 g/mol. The van der Waals surface area contributed by atoms with Gasteiger partial charge in [-0.15, -0.1) is 0 Å². The number of hydrogen-bond acceptors (Lipinski definition) is 14. The lowest BCUT2D eigenvalue weighted by Gasteiger charge is -2.20. The number of ether oxygens (including phenoxy) is 1. The minimum atomic E-state index is -5.57. The molecule has 40 heavy (non-hydrogen) atoms. The first-order chi connectivity index (χ1) is 18.8. The molecule has 2 aromatic rings. The molecule has 0 amide bonds. The van der Waals surface area contributed by atoms with Gasteiger partial charge in [-0.1, -0.05) is 24.4 Å². The summed E-state index contributed by atoms with van der Waals surface area (Å²) in [5.74, 6) is 0.0528. The van der Waals surface area contributed by atoms with Gasteiger partial charge in [-0.3, -0.25) is 13.7 Å². The first-order valence-corrected chi connectivity index (χ1v) is 16.5. The van der Waals surface area contributed by atoms with E-state index in [1.54, 1.807) is 0 Å². The predicted octanol–water partition coefficient (Wildman–Crippen LogP) is 1.72. The summed E-state index contributed by atoms with van der Waals surface area (Å²) >= 11 is 0. The Kier molecular flexibility index (Phi) is 11.2. The zero-order chi connectivity index (χ0) is 29.6. The maximum atomic E-state index is 12.2. The number of phosphoric ester groups is 1. The number of anilines is 1. The van der Waals surface area contributed by atoms with Crippen LogP contribution in [0.1, 0.15) is 38.3 Å². The fourth-order valence-electron chi connectivity index (χ4n) is 3.76. The minimum absolute atomic E-state index is 0.0528. The summed E-state index contributed by atoms with van der Waals surface area (Å²) in [4.78, 5) is 43.9. The Balaban J connectivity index is 1.50. The van der Waals surface area contributed by atoms with Crippen molar-refractivity contribution in [2.75, 3.05) is 25.0 Å². The first kappa shape index (κ1) is 32.5. The van der Waals surface area contributed by atoms with E-state index in [1.807, 2.05) is 0 Å². The van der Waals surface area contributed by atoms with Crippen LogP contribution in [0.2, 0.25) is 0 Å². The number of aliphatic hydroxyl groups is 2. The summed E-state index contributed by atoms with van der Waals surface area (Å²) < 4.78 is 56.2. The lowest BCUT2D eigenvalue weighted by Crippen LogP contribution is -2.33. The highest BCUT2D eigenvalue weighted by molar-refractivity contribution is 7.68. The number of nitrogen functional groups attached to an aromatic ring is 1. The van der Waals surface area contributed by atoms with Gasteiger partial charge in [0.15, 0.2) is 17.7 Å². The number of phosphoric acid groups is 2. The van der Waals surface area contributed by atoms with Gasteiger partial charge in [0, 0.05) is 11.5 Å². The van der Waals surface area contributed by atoms with Gasteiger partial charge >= 0.3 is 23.2 Å². The van der Waals surface area contributed by atoms with Crippen LogP contribution >= 0.6 is 23.2 Å². The van der Waals surface area contributed by atoms with Crippen molar-refractivity contribution in [1.82, 2.24) is 19.5 Å². The summed E-state index contributed by atoms with van der Waals surface area (Å²) in [6.45, 7) is -0.588. The highest BCUT2D eigenvalue weighted by atomic mass is 31.3. The molecule has 1 fully saturated rings. The average Bonchev–Trinajstić information content (AvgIpc) is 3.40. The first-order valence-electron chi connectivity index (χ1n) is 11.8. The molecule has 0 aliphatic carbocycles.